The van der Waals surface area contributed by atoms with Crippen LogP contribution in [0.3, 0.4) is 0 Å². The van der Waals surface area contributed by atoms with E-state index in [1.54, 1.807) is 56.4 Å². The van der Waals surface area contributed by atoms with Gasteiger partial charge in [-0.3, -0.25) is 19.5 Å². The lowest BCUT2D eigenvalue weighted by Gasteiger charge is -2.31. The minimum atomic E-state index is -1.14. The summed E-state index contributed by atoms with van der Waals surface area (Å²) in [7, 11) is 0. The number of halogens is 2. The first kappa shape index (κ1) is 30.6. The van der Waals surface area contributed by atoms with Crippen molar-refractivity contribution in [3.8, 4) is 0 Å². The molecule has 7 nitrogen and oxygen atoms in total. The Bertz CT molecular complexity index is 1510. The molecule has 0 spiro atoms. The smallest absolute Gasteiger partial charge is 0.296 e. The summed E-state index contributed by atoms with van der Waals surface area (Å²) in [6.45, 7) is 8.97. The van der Waals surface area contributed by atoms with E-state index in [2.05, 4.69) is 36.1 Å². The van der Waals surface area contributed by atoms with Crippen LogP contribution in [0.25, 0.3) is 0 Å². The standard InChI is InChI=1S/C33H36F2N4O3/c1-32(2,3)24-11-13-26(14-12-24)39(30(41)27-20-38-31(42-27)33(4,5)21-34)28(23-9-7-16-36-19-23)29(40)37-17-15-22-8-6-10-25(35)18-22/h6-14,16,18-20,28H,15,17,21H2,1-5H3,(H,37,40). The Balaban J connectivity index is 1.75. The number of hydrogen-bond acceptors (Lipinski definition) is 5. The number of rotatable bonds is 10. The van der Waals surface area contributed by atoms with E-state index in [1.807, 2.05) is 12.1 Å². The van der Waals surface area contributed by atoms with Gasteiger partial charge in [-0.2, -0.15) is 0 Å². The summed E-state index contributed by atoms with van der Waals surface area (Å²) in [6.07, 6.45) is 4.75. The van der Waals surface area contributed by atoms with Crippen LogP contribution in [0.4, 0.5) is 14.5 Å². The molecule has 1 atom stereocenters. The zero-order valence-electron chi connectivity index (χ0n) is 24.5. The van der Waals surface area contributed by atoms with Crippen molar-refractivity contribution < 1.29 is 22.8 Å². The van der Waals surface area contributed by atoms with E-state index in [1.165, 1.54) is 29.4 Å². The van der Waals surface area contributed by atoms with E-state index < -0.39 is 29.9 Å². The molecule has 0 saturated heterocycles. The third kappa shape index (κ3) is 7.08. The van der Waals surface area contributed by atoms with Crippen LogP contribution in [0, 0.1) is 5.82 Å². The van der Waals surface area contributed by atoms with E-state index in [4.69, 9.17) is 4.42 Å². The van der Waals surface area contributed by atoms with Crippen molar-refractivity contribution in [2.24, 2.45) is 0 Å². The number of aromatic nitrogens is 2. The Morgan fingerprint density at radius 2 is 1.74 bits per heavy atom. The number of oxazole rings is 1. The van der Waals surface area contributed by atoms with E-state index in [0.29, 0.717) is 17.7 Å². The molecule has 2 aromatic carbocycles. The number of anilines is 1. The molecule has 0 aliphatic rings. The average molecular weight is 575 g/mol. The van der Waals surface area contributed by atoms with Gasteiger partial charge in [0.15, 0.2) is 0 Å². The lowest BCUT2D eigenvalue weighted by atomic mass is 9.87. The van der Waals surface area contributed by atoms with Crippen LogP contribution in [0.15, 0.2) is 83.7 Å². The van der Waals surface area contributed by atoms with Crippen molar-refractivity contribution in [2.75, 3.05) is 18.1 Å². The van der Waals surface area contributed by atoms with E-state index >= 15 is 0 Å². The van der Waals surface area contributed by atoms with Crippen LogP contribution in [-0.4, -0.2) is 35.0 Å². The number of nitrogens with one attached hydrogen (secondary N) is 1. The highest BCUT2D eigenvalue weighted by Gasteiger charge is 2.36. The number of amides is 2. The van der Waals surface area contributed by atoms with Crippen molar-refractivity contribution >= 4 is 17.5 Å². The van der Waals surface area contributed by atoms with Gasteiger partial charge in [-0.1, -0.05) is 51.1 Å². The maximum Gasteiger partial charge on any atom is 0.296 e. The zero-order valence-corrected chi connectivity index (χ0v) is 24.5. The molecule has 0 bridgehead atoms. The molecule has 42 heavy (non-hydrogen) atoms. The van der Waals surface area contributed by atoms with Crippen LogP contribution in [0.2, 0.25) is 0 Å². The van der Waals surface area contributed by atoms with Gasteiger partial charge < -0.3 is 9.73 Å². The predicted octanol–water partition coefficient (Wildman–Crippen LogP) is 6.50. The summed E-state index contributed by atoms with van der Waals surface area (Å²) < 4.78 is 33.1. The Morgan fingerprint density at radius 3 is 2.36 bits per heavy atom. The average Bonchev–Trinajstić information content (AvgIpc) is 3.47. The third-order valence-corrected chi connectivity index (χ3v) is 6.97. The number of carbonyl (C=O) groups excluding carboxylic acids is 2. The molecule has 0 aliphatic carbocycles. The van der Waals surface area contributed by atoms with Crippen molar-refractivity contribution in [1.29, 1.82) is 0 Å². The molecule has 0 saturated carbocycles. The summed E-state index contributed by atoms with van der Waals surface area (Å²) in [5.41, 5.74) is 1.52. The van der Waals surface area contributed by atoms with Crippen LogP contribution in [0.1, 0.15) is 73.8 Å². The number of carbonyl (C=O) groups is 2. The fourth-order valence-electron chi connectivity index (χ4n) is 4.44. The topological polar surface area (TPSA) is 88.3 Å². The summed E-state index contributed by atoms with van der Waals surface area (Å²) >= 11 is 0. The van der Waals surface area contributed by atoms with Gasteiger partial charge in [-0.15, -0.1) is 0 Å². The monoisotopic (exact) mass is 574 g/mol. The highest BCUT2D eigenvalue weighted by Crippen LogP contribution is 2.33. The molecule has 4 aromatic rings. The fraction of sp³-hybridized carbons (Fsp3) is 0.333. The second-order valence-electron chi connectivity index (χ2n) is 11.9. The van der Waals surface area contributed by atoms with E-state index in [-0.39, 0.29) is 29.4 Å². The molecule has 0 radical (unpaired) electrons. The SMILES string of the molecule is CC(C)(C)c1ccc(N(C(=O)c2cnc(C(C)(C)CF)o2)C(C(=O)NCCc2cccc(F)c2)c2cccnc2)cc1. The van der Waals surface area contributed by atoms with Crippen molar-refractivity contribution in [3.05, 3.63) is 113 Å². The molecule has 2 amide bonds. The Kier molecular flexibility index (Phi) is 9.19. The molecule has 9 heteroatoms. The molecule has 1 unspecified atom stereocenters. The molecule has 2 aromatic heterocycles. The van der Waals surface area contributed by atoms with Crippen LogP contribution >= 0.6 is 0 Å². The second kappa shape index (κ2) is 12.6. The van der Waals surface area contributed by atoms with Gasteiger partial charge >= 0.3 is 0 Å². The highest BCUT2D eigenvalue weighted by atomic mass is 19.1. The quantitative estimate of drug-likeness (QED) is 0.234. The molecule has 220 valence electrons. The first-order valence-electron chi connectivity index (χ1n) is 13.8. The minimum Gasteiger partial charge on any atom is -0.435 e. The van der Waals surface area contributed by atoms with E-state index in [0.717, 1.165) is 11.1 Å². The summed E-state index contributed by atoms with van der Waals surface area (Å²) in [4.78, 5) is 37.8. The molecule has 4 rings (SSSR count). The van der Waals surface area contributed by atoms with Gasteiger partial charge in [-0.05, 0) is 67.1 Å². The van der Waals surface area contributed by atoms with E-state index in [9.17, 15) is 18.4 Å². The second-order valence-corrected chi connectivity index (χ2v) is 11.9. The highest BCUT2D eigenvalue weighted by molar-refractivity contribution is 6.08. The predicted molar refractivity (Wildman–Crippen MR) is 158 cm³/mol. The van der Waals surface area contributed by atoms with Gasteiger partial charge in [0.2, 0.25) is 17.6 Å². The first-order chi connectivity index (χ1) is 19.9. The Labute approximate surface area is 245 Å². The van der Waals surface area contributed by atoms with Gasteiger partial charge in [0, 0.05) is 30.2 Å². The fourth-order valence-corrected chi connectivity index (χ4v) is 4.44. The molecule has 0 fully saturated rings. The van der Waals surface area contributed by atoms with Crippen LogP contribution < -0.4 is 10.2 Å². The van der Waals surface area contributed by atoms with Gasteiger partial charge in [0.05, 0.1) is 11.6 Å². The van der Waals surface area contributed by atoms with Crippen LogP contribution in [-0.2, 0) is 22.0 Å². The Hall–Kier alpha value is -4.40. The number of pyridine rings is 1. The first-order valence-corrected chi connectivity index (χ1v) is 13.8. The molecule has 0 aliphatic heterocycles. The van der Waals surface area contributed by atoms with Crippen LogP contribution in [0.5, 0.6) is 0 Å². The zero-order chi connectivity index (χ0) is 30.5. The summed E-state index contributed by atoms with van der Waals surface area (Å²) in [6, 6.07) is 15.8. The van der Waals surface area contributed by atoms with Crippen molar-refractivity contribution in [2.45, 2.75) is 57.9 Å². The lowest BCUT2D eigenvalue weighted by molar-refractivity contribution is -0.122. The maximum absolute atomic E-state index is 14.2. The largest absolute Gasteiger partial charge is 0.435 e. The third-order valence-electron chi connectivity index (χ3n) is 6.97. The summed E-state index contributed by atoms with van der Waals surface area (Å²) in [5, 5.41) is 2.90. The van der Waals surface area contributed by atoms with Gasteiger partial charge in [0.1, 0.15) is 18.5 Å². The summed E-state index contributed by atoms with van der Waals surface area (Å²) in [5.74, 6) is -1.50. The minimum absolute atomic E-state index is 0.0776. The molecular formula is C33H36F2N4O3. The number of nitrogens with zero attached hydrogens (tertiary/aromatic N) is 3. The molecule has 1 N–H and O–H groups in total. The lowest BCUT2D eigenvalue weighted by Crippen LogP contribution is -2.44. The maximum atomic E-state index is 14.2. The molecule has 2 heterocycles. The van der Waals surface area contributed by atoms with Crippen molar-refractivity contribution in [3.63, 3.8) is 0 Å². The Morgan fingerprint density at radius 1 is 1.00 bits per heavy atom. The normalized spacial score (nSPS) is 12.5. The number of hydrogen-bond donors (Lipinski definition) is 1. The van der Waals surface area contributed by atoms with Crippen molar-refractivity contribution in [1.82, 2.24) is 15.3 Å². The van der Waals surface area contributed by atoms with Gasteiger partial charge in [0.25, 0.3) is 5.91 Å². The number of alkyl halides is 1. The number of benzene rings is 2. The van der Waals surface area contributed by atoms with Gasteiger partial charge in [-0.25, -0.2) is 13.8 Å². The molecular weight excluding hydrogens is 538 g/mol.